The normalized spacial score (nSPS) is 12.0. The van der Waals surface area contributed by atoms with Gasteiger partial charge in [-0.3, -0.25) is 0 Å². The summed E-state index contributed by atoms with van der Waals surface area (Å²) in [6.45, 7) is 0. The highest BCUT2D eigenvalue weighted by Gasteiger charge is 2.34. The van der Waals surface area contributed by atoms with Crippen LogP contribution in [-0.4, -0.2) is 11.3 Å². The van der Waals surface area contributed by atoms with Crippen LogP contribution in [0.5, 0.6) is 5.75 Å². The van der Waals surface area contributed by atoms with Gasteiger partial charge in [0.15, 0.2) is 5.75 Å². The van der Waals surface area contributed by atoms with Crippen LogP contribution in [-0.2, 0) is 5.33 Å². The van der Waals surface area contributed by atoms with Gasteiger partial charge in [0, 0.05) is 8.90 Å². The van der Waals surface area contributed by atoms with Crippen LogP contribution in [0.15, 0.2) is 6.07 Å². The van der Waals surface area contributed by atoms with Gasteiger partial charge in [-0.1, -0.05) is 15.9 Å². The van der Waals surface area contributed by atoms with Crippen molar-refractivity contribution >= 4 is 38.5 Å². The molecular weight excluding hydrogens is 428 g/mol. The van der Waals surface area contributed by atoms with Crippen molar-refractivity contribution in [2.45, 2.75) is 18.1 Å². The number of rotatable bonds is 3. The molecule has 96 valence electrons. The van der Waals surface area contributed by atoms with E-state index in [1.165, 1.54) is 0 Å². The number of nitrogens with zero attached hydrogens (tertiary/aromatic N) is 1. The maximum atomic E-state index is 12.5. The summed E-state index contributed by atoms with van der Waals surface area (Å²) < 4.78 is 64.8. The van der Waals surface area contributed by atoms with Gasteiger partial charge in [0.25, 0.3) is 6.43 Å². The number of alkyl halides is 6. The molecule has 0 N–H and O–H groups in total. The van der Waals surface area contributed by atoms with Gasteiger partial charge in [-0.05, 0) is 28.7 Å². The SMILES string of the molecule is FC(F)c1nc(CBr)c(I)cc1OC(F)(F)F. The lowest BCUT2D eigenvalue weighted by atomic mass is 10.3. The second-order valence-corrected chi connectivity index (χ2v) is 4.51. The van der Waals surface area contributed by atoms with Crippen molar-refractivity contribution < 1.29 is 26.7 Å². The monoisotopic (exact) mass is 431 g/mol. The van der Waals surface area contributed by atoms with Crippen molar-refractivity contribution in [2.75, 3.05) is 0 Å². The second kappa shape index (κ2) is 5.63. The van der Waals surface area contributed by atoms with E-state index in [0.29, 0.717) is 3.57 Å². The fourth-order valence-electron chi connectivity index (χ4n) is 0.983. The molecule has 0 saturated heterocycles. The predicted octanol–water partition coefficient (Wildman–Crippen LogP) is 4.42. The first-order chi connectivity index (χ1) is 7.74. The topological polar surface area (TPSA) is 22.1 Å². The Balaban J connectivity index is 3.23. The summed E-state index contributed by atoms with van der Waals surface area (Å²) in [5.41, 5.74) is -0.785. The lowest BCUT2D eigenvalue weighted by Gasteiger charge is -2.14. The highest BCUT2D eigenvalue weighted by molar-refractivity contribution is 14.1. The molecule has 0 atom stereocenters. The van der Waals surface area contributed by atoms with Gasteiger partial charge in [0.1, 0.15) is 5.69 Å². The van der Waals surface area contributed by atoms with Crippen molar-refractivity contribution in [2.24, 2.45) is 0 Å². The molecule has 1 aromatic heterocycles. The van der Waals surface area contributed by atoms with Crippen molar-refractivity contribution in [1.29, 1.82) is 0 Å². The zero-order valence-corrected chi connectivity index (χ0v) is 11.6. The van der Waals surface area contributed by atoms with E-state index in [0.717, 1.165) is 6.07 Å². The van der Waals surface area contributed by atoms with Gasteiger partial charge in [-0.15, -0.1) is 13.2 Å². The molecule has 1 rings (SSSR count). The minimum atomic E-state index is -5.02. The molecule has 0 aliphatic carbocycles. The number of hydrogen-bond acceptors (Lipinski definition) is 2. The van der Waals surface area contributed by atoms with E-state index < -0.39 is 24.2 Å². The quantitative estimate of drug-likeness (QED) is 0.401. The molecule has 0 amide bonds. The summed E-state index contributed by atoms with van der Waals surface area (Å²) in [6, 6.07) is 0.888. The number of pyridine rings is 1. The van der Waals surface area contributed by atoms with E-state index >= 15 is 0 Å². The van der Waals surface area contributed by atoms with Crippen LogP contribution in [0, 0.1) is 3.57 Å². The van der Waals surface area contributed by atoms with E-state index in [2.05, 4.69) is 25.7 Å². The molecule has 1 aromatic rings. The van der Waals surface area contributed by atoms with Crippen molar-refractivity contribution in [3.8, 4) is 5.75 Å². The lowest BCUT2D eigenvalue weighted by Crippen LogP contribution is -2.19. The molecule has 0 saturated carbocycles. The molecule has 0 aliphatic rings. The largest absolute Gasteiger partial charge is 0.573 e. The molecule has 0 spiro atoms. The first-order valence-corrected chi connectivity index (χ1v) is 6.23. The van der Waals surface area contributed by atoms with Crippen LogP contribution in [0.1, 0.15) is 17.8 Å². The summed E-state index contributed by atoms with van der Waals surface area (Å²) in [7, 11) is 0. The number of ether oxygens (including phenoxy) is 1. The molecular formula is C8H4BrF5INO. The van der Waals surface area contributed by atoms with E-state index in [9.17, 15) is 22.0 Å². The predicted molar refractivity (Wildman–Crippen MR) is 61.2 cm³/mol. The summed E-state index contributed by atoms with van der Waals surface area (Å²) in [4.78, 5) is 3.45. The van der Waals surface area contributed by atoms with Crippen molar-refractivity contribution in [3.05, 3.63) is 21.0 Å². The third-order valence-corrected chi connectivity index (χ3v) is 3.07. The molecule has 2 nitrogen and oxygen atoms in total. The maximum absolute atomic E-state index is 12.5. The molecule has 0 radical (unpaired) electrons. The van der Waals surface area contributed by atoms with E-state index in [-0.39, 0.29) is 11.0 Å². The van der Waals surface area contributed by atoms with Gasteiger partial charge in [0.2, 0.25) is 0 Å². The Hall–Kier alpha value is -0.190. The first-order valence-electron chi connectivity index (χ1n) is 4.03. The Morgan fingerprint density at radius 1 is 1.41 bits per heavy atom. The Morgan fingerprint density at radius 2 is 2.00 bits per heavy atom. The number of aromatic nitrogens is 1. The summed E-state index contributed by atoms with van der Waals surface area (Å²) in [6.07, 6.45) is -8.16. The fraction of sp³-hybridized carbons (Fsp3) is 0.375. The average molecular weight is 432 g/mol. The fourth-order valence-corrected chi connectivity index (χ4v) is 2.53. The molecule has 0 bridgehead atoms. The van der Waals surface area contributed by atoms with Crippen LogP contribution in [0.4, 0.5) is 22.0 Å². The number of halogens is 7. The van der Waals surface area contributed by atoms with Gasteiger partial charge in [-0.2, -0.15) is 0 Å². The van der Waals surface area contributed by atoms with Gasteiger partial charge < -0.3 is 4.74 Å². The van der Waals surface area contributed by atoms with E-state index in [4.69, 9.17) is 0 Å². The van der Waals surface area contributed by atoms with Gasteiger partial charge >= 0.3 is 6.36 Å². The average Bonchev–Trinajstić information content (AvgIpc) is 2.14. The minimum absolute atomic E-state index is 0.164. The smallest absolute Gasteiger partial charge is 0.404 e. The summed E-state index contributed by atoms with van der Waals surface area (Å²) in [5, 5.41) is 0.164. The Kier molecular flexibility index (Phi) is 4.93. The standard InChI is InChI=1S/C8H4BrF5INO/c9-2-4-3(15)1-5(17-8(12,13)14)6(16-4)7(10)11/h1,7H,2H2. The van der Waals surface area contributed by atoms with Crippen LogP contribution in [0.3, 0.4) is 0 Å². The number of hydrogen-bond donors (Lipinski definition) is 0. The Labute approximate surface area is 115 Å². The molecule has 9 heteroatoms. The van der Waals surface area contributed by atoms with Gasteiger partial charge in [0.05, 0.1) is 5.69 Å². The first kappa shape index (κ1) is 14.9. The Bertz CT molecular complexity index is 412. The van der Waals surface area contributed by atoms with Crippen molar-refractivity contribution in [3.63, 3.8) is 0 Å². The van der Waals surface area contributed by atoms with Crippen LogP contribution in [0.25, 0.3) is 0 Å². The van der Waals surface area contributed by atoms with Crippen molar-refractivity contribution in [1.82, 2.24) is 4.98 Å². The minimum Gasteiger partial charge on any atom is -0.404 e. The van der Waals surface area contributed by atoms with Crippen LogP contribution < -0.4 is 4.74 Å². The highest BCUT2D eigenvalue weighted by atomic mass is 127. The summed E-state index contributed by atoms with van der Waals surface area (Å²) in [5.74, 6) is -0.971. The zero-order valence-electron chi connectivity index (χ0n) is 7.86. The van der Waals surface area contributed by atoms with Gasteiger partial charge in [-0.25, -0.2) is 13.8 Å². The van der Waals surface area contributed by atoms with E-state index in [1.807, 2.05) is 0 Å². The van der Waals surface area contributed by atoms with E-state index in [1.54, 1.807) is 22.6 Å². The van der Waals surface area contributed by atoms with Crippen LogP contribution in [0.2, 0.25) is 0 Å². The lowest BCUT2D eigenvalue weighted by molar-refractivity contribution is -0.275. The molecule has 0 unspecified atom stereocenters. The third kappa shape index (κ3) is 4.19. The molecule has 0 aliphatic heterocycles. The molecule has 17 heavy (non-hydrogen) atoms. The zero-order chi connectivity index (χ0) is 13.2. The third-order valence-electron chi connectivity index (χ3n) is 1.60. The molecule has 1 heterocycles. The Morgan fingerprint density at radius 3 is 2.41 bits per heavy atom. The van der Waals surface area contributed by atoms with Crippen LogP contribution >= 0.6 is 38.5 Å². The maximum Gasteiger partial charge on any atom is 0.573 e. The molecule has 0 fully saturated rings. The second-order valence-electron chi connectivity index (χ2n) is 2.78. The summed E-state index contributed by atoms with van der Waals surface area (Å²) >= 11 is 4.70. The molecule has 0 aromatic carbocycles. The highest BCUT2D eigenvalue weighted by Crippen LogP contribution is 2.33.